The monoisotopic (exact) mass is 448 g/mol. The standard InChI is InChI=1S/C23H23ClF2N2O3/c1-13-10-18(24)21-16(6-8-27-21)22(13)31-19-7-9-28(12-20(25)26)11-17(19)14-2-4-15(5-3-14)23(29)30/h2-6,8,10,17,19-20,27H,7,9,11-12H2,1H3,(H,29,30)/t17-,19+/m0/s1. The molecular weight excluding hydrogens is 426 g/mol. The molecule has 31 heavy (non-hydrogen) atoms. The molecule has 0 aliphatic carbocycles. The Bertz CT molecular complexity index is 1080. The fourth-order valence-corrected chi connectivity index (χ4v) is 4.62. The van der Waals surface area contributed by atoms with Gasteiger partial charge >= 0.3 is 5.97 Å². The third kappa shape index (κ3) is 4.52. The van der Waals surface area contributed by atoms with E-state index >= 15 is 0 Å². The van der Waals surface area contributed by atoms with E-state index in [4.69, 9.17) is 16.3 Å². The van der Waals surface area contributed by atoms with Gasteiger partial charge in [0, 0.05) is 30.6 Å². The SMILES string of the molecule is Cc1cc(Cl)c2[nH]ccc2c1O[C@@H]1CCN(CC(F)F)C[C@H]1c1ccc(C(=O)O)cc1. The van der Waals surface area contributed by atoms with Crippen molar-refractivity contribution >= 4 is 28.5 Å². The maximum atomic E-state index is 13.0. The van der Waals surface area contributed by atoms with Crippen LogP contribution in [0.1, 0.15) is 33.8 Å². The third-order valence-electron chi connectivity index (χ3n) is 5.82. The summed E-state index contributed by atoms with van der Waals surface area (Å²) in [7, 11) is 0. The Hall–Kier alpha value is -2.64. The van der Waals surface area contributed by atoms with Crippen LogP contribution in [0.5, 0.6) is 5.75 Å². The lowest BCUT2D eigenvalue weighted by Crippen LogP contribution is -2.45. The van der Waals surface area contributed by atoms with Crippen molar-refractivity contribution in [3.05, 3.63) is 64.3 Å². The van der Waals surface area contributed by atoms with Gasteiger partial charge in [0.25, 0.3) is 6.43 Å². The summed E-state index contributed by atoms with van der Waals surface area (Å²) in [6.07, 6.45) is -0.282. The predicted octanol–water partition coefficient (Wildman–Crippen LogP) is 5.33. The van der Waals surface area contributed by atoms with Gasteiger partial charge < -0.3 is 14.8 Å². The first-order chi connectivity index (χ1) is 14.8. The van der Waals surface area contributed by atoms with Gasteiger partial charge in [0.05, 0.1) is 22.6 Å². The Morgan fingerprint density at radius 2 is 2.06 bits per heavy atom. The van der Waals surface area contributed by atoms with Crippen molar-refractivity contribution in [3.63, 3.8) is 0 Å². The van der Waals surface area contributed by atoms with E-state index in [0.29, 0.717) is 24.5 Å². The summed E-state index contributed by atoms with van der Waals surface area (Å²) in [5.41, 5.74) is 2.74. The van der Waals surface area contributed by atoms with Gasteiger partial charge in [-0.15, -0.1) is 0 Å². The number of halogens is 3. The number of alkyl halides is 2. The van der Waals surface area contributed by atoms with E-state index < -0.39 is 12.4 Å². The molecule has 5 nitrogen and oxygen atoms in total. The zero-order valence-corrected chi connectivity index (χ0v) is 17.7. The molecule has 0 unspecified atom stereocenters. The van der Waals surface area contributed by atoms with Crippen LogP contribution in [0.25, 0.3) is 10.9 Å². The molecule has 8 heteroatoms. The van der Waals surface area contributed by atoms with Gasteiger partial charge in [0.2, 0.25) is 0 Å². The first-order valence-electron chi connectivity index (χ1n) is 10.1. The van der Waals surface area contributed by atoms with E-state index in [-0.39, 0.29) is 24.1 Å². The molecule has 2 aromatic carbocycles. The van der Waals surface area contributed by atoms with Gasteiger partial charge in [-0.3, -0.25) is 4.90 Å². The zero-order chi connectivity index (χ0) is 22.1. The molecule has 0 bridgehead atoms. The number of nitrogens with zero attached hydrogens (tertiary/aromatic N) is 1. The smallest absolute Gasteiger partial charge is 0.335 e. The van der Waals surface area contributed by atoms with E-state index in [1.807, 2.05) is 19.1 Å². The number of carbonyl (C=O) groups is 1. The second-order valence-corrected chi connectivity index (χ2v) is 8.31. The Morgan fingerprint density at radius 1 is 1.32 bits per heavy atom. The van der Waals surface area contributed by atoms with Crippen molar-refractivity contribution in [1.29, 1.82) is 0 Å². The van der Waals surface area contributed by atoms with Crippen LogP contribution in [0.2, 0.25) is 5.02 Å². The first-order valence-corrected chi connectivity index (χ1v) is 10.5. The van der Waals surface area contributed by atoms with Gasteiger partial charge in [-0.2, -0.15) is 0 Å². The number of hydrogen-bond donors (Lipinski definition) is 2. The second kappa shape index (κ2) is 8.85. The molecule has 1 aromatic heterocycles. The average molecular weight is 449 g/mol. The van der Waals surface area contributed by atoms with Crippen LogP contribution in [-0.2, 0) is 0 Å². The molecule has 1 aliphatic heterocycles. The van der Waals surface area contributed by atoms with Crippen LogP contribution in [0.3, 0.4) is 0 Å². The lowest BCUT2D eigenvalue weighted by atomic mass is 9.87. The summed E-state index contributed by atoms with van der Waals surface area (Å²) in [6, 6.07) is 10.3. The molecule has 0 spiro atoms. The van der Waals surface area contributed by atoms with Gasteiger partial charge in [-0.1, -0.05) is 23.7 Å². The summed E-state index contributed by atoms with van der Waals surface area (Å²) in [4.78, 5) is 16.1. The molecule has 0 radical (unpaired) electrons. The number of rotatable bonds is 6. The van der Waals surface area contributed by atoms with Gasteiger partial charge in [-0.25, -0.2) is 13.6 Å². The van der Waals surface area contributed by atoms with E-state index in [0.717, 1.165) is 27.8 Å². The Morgan fingerprint density at radius 3 is 2.74 bits per heavy atom. The molecule has 0 saturated carbocycles. The topological polar surface area (TPSA) is 65.6 Å². The molecule has 164 valence electrons. The van der Waals surface area contributed by atoms with Crippen LogP contribution in [0.4, 0.5) is 8.78 Å². The minimum atomic E-state index is -2.41. The number of hydrogen-bond acceptors (Lipinski definition) is 3. The number of aromatic amines is 1. The highest BCUT2D eigenvalue weighted by Gasteiger charge is 2.34. The largest absolute Gasteiger partial charge is 0.489 e. The molecule has 1 aliphatic rings. The number of ether oxygens (including phenoxy) is 1. The lowest BCUT2D eigenvalue weighted by molar-refractivity contribution is 0.0354. The van der Waals surface area contributed by atoms with Crippen LogP contribution < -0.4 is 4.74 Å². The molecule has 2 N–H and O–H groups in total. The number of carboxylic acid groups (broad SMARTS) is 1. The number of H-pyrrole nitrogens is 1. The van der Waals surface area contributed by atoms with Gasteiger partial charge in [-0.05, 0) is 48.7 Å². The molecule has 4 rings (SSSR count). The highest BCUT2D eigenvalue weighted by Crippen LogP contribution is 2.38. The molecule has 1 saturated heterocycles. The summed E-state index contributed by atoms with van der Waals surface area (Å²) in [5, 5.41) is 10.7. The minimum Gasteiger partial charge on any atom is -0.489 e. The number of aryl methyl sites for hydroxylation is 1. The summed E-state index contributed by atoms with van der Waals surface area (Å²) < 4.78 is 32.5. The maximum absolute atomic E-state index is 13.0. The van der Waals surface area contributed by atoms with Crippen molar-refractivity contribution in [1.82, 2.24) is 9.88 Å². The number of fused-ring (bicyclic) bond motifs is 1. The maximum Gasteiger partial charge on any atom is 0.335 e. The van der Waals surface area contributed by atoms with Crippen LogP contribution in [0, 0.1) is 6.92 Å². The molecule has 2 heterocycles. The highest BCUT2D eigenvalue weighted by atomic mass is 35.5. The number of nitrogens with one attached hydrogen (secondary N) is 1. The van der Waals surface area contributed by atoms with Crippen molar-refractivity contribution < 1.29 is 23.4 Å². The van der Waals surface area contributed by atoms with E-state index in [1.54, 1.807) is 35.4 Å². The fourth-order valence-electron chi connectivity index (χ4n) is 4.30. The number of carboxylic acids is 1. The number of likely N-dealkylation sites (tertiary alicyclic amines) is 1. The van der Waals surface area contributed by atoms with Crippen LogP contribution in [0.15, 0.2) is 42.6 Å². The second-order valence-electron chi connectivity index (χ2n) is 7.90. The number of aromatic carboxylic acids is 1. The molecule has 3 aromatic rings. The van der Waals surface area contributed by atoms with Crippen molar-refractivity contribution in [2.24, 2.45) is 0 Å². The predicted molar refractivity (Wildman–Crippen MR) is 116 cm³/mol. The normalized spacial score (nSPS) is 19.8. The van der Waals surface area contributed by atoms with Crippen LogP contribution in [-0.4, -0.2) is 53.1 Å². The number of piperidine rings is 1. The highest BCUT2D eigenvalue weighted by molar-refractivity contribution is 6.35. The molecule has 0 amide bonds. The van der Waals surface area contributed by atoms with Crippen LogP contribution >= 0.6 is 11.6 Å². The van der Waals surface area contributed by atoms with Crippen molar-refractivity contribution in [2.75, 3.05) is 19.6 Å². The van der Waals surface area contributed by atoms with Gasteiger partial charge in [0.15, 0.2) is 0 Å². The zero-order valence-electron chi connectivity index (χ0n) is 16.9. The van der Waals surface area contributed by atoms with E-state index in [1.165, 1.54) is 0 Å². The average Bonchev–Trinajstić information content (AvgIpc) is 3.22. The Kier molecular flexibility index (Phi) is 6.16. The number of benzene rings is 2. The van der Waals surface area contributed by atoms with Crippen molar-refractivity contribution in [3.8, 4) is 5.75 Å². The third-order valence-corrected chi connectivity index (χ3v) is 6.11. The fraction of sp³-hybridized carbons (Fsp3) is 0.348. The summed E-state index contributed by atoms with van der Waals surface area (Å²) in [6.45, 7) is 2.54. The Labute approximate surface area is 183 Å². The quantitative estimate of drug-likeness (QED) is 0.535. The van der Waals surface area contributed by atoms with E-state index in [9.17, 15) is 18.7 Å². The van der Waals surface area contributed by atoms with E-state index in [2.05, 4.69) is 4.98 Å². The van der Waals surface area contributed by atoms with Crippen molar-refractivity contribution in [2.45, 2.75) is 31.8 Å². The van der Waals surface area contributed by atoms with Gasteiger partial charge in [0.1, 0.15) is 11.9 Å². The molecule has 1 fully saturated rings. The minimum absolute atomic E-state index is 0.181. The number of aromatic nitrogens is 1. The lowest BCUT2D eigenvalue weighted by Gasteiger charge is -2.39. The summed E-state index contributed by atoms with van der Waals surface area (Å²) >= 11 is 6.34. The molecule has 2 atom stereocenters. The first kappa shape index (κ1) is 21.6. The Balaban J connectivity index is 1.66. The molecular formula is C23H23ClF2N2O3. The summed E-state index contributed by atoms with van der Waals surface area (Å²) in [5.74, 6) is -0.464.